The van der Waals surface area contributed by atoms with E-state index in [0.717, 1.165) is 11.9 Å². The summed E-state index contributed by atoms with van der Waals surface area (Å²) in [5.74, 6) is 0. The Morgan fingerprint density at radius 1 is 1.33 bits per heavy atom. The van der Waals surface area contributed by atoms with Crippen LogP contribution in [0.1, 0.15) is 34.1 Å². The van der Waals surface area contributed by atoms with Gasteiger partial charge in [0.2, 0.25) is 0 Å². The predicted molar refractivity (Wildman–Crippen MR) is 71.1 cm³/mol. The first-order valence-corrected chi connectivity index (χ1v) is 8.18. The van der Waals surface area contributed by atoms with Gasteiger partial charge in [-0.25, -0.2) is 10.9 Å². The van der Waals surface area contributed by atoms with Crippen molar-refractivity contribution in [1.29, 1.82) is 0 Å². The minimum atomic E-state index is 0.00702. The highest BCUT2D eigenvalue weighted by Crippen LogP contribution is 2.29. The molecule has 1 fully saturated rings. The van der Waals surface area contributed by atoms with Gasteiger partial charge in [-0.05, 0) is 46.6 Å². The summed E-state index contributed by atoms with van der Waals surface area (Å²) in [6.07, 6.45) is 6.36. The lowest BCUT2D eigenvalue weighted by atomic mass is 10.2. The Morgan fingerprint density at radius 2 is 1.93 bits per heavy atom. The smallest absolute Gasteiger partial charge is 0.0721 e. The third-order valence-electron chi connectivity index (χ3n) is 2.97. The third kappa shape index (κ3) is 4.33. The summed E-state index contributed by atoms with van der Waals surface area (Å²) in [5, 5.41) is 0.744. The Hall–Kier alpha value is 0.270. The second kappa shape index (κ2) is 5.07. The lowest BCUT2D eigenvalue weighted by Crippen LogP contribution is -2.34. The number of hydrogen-bond acceptors (Lipinski definition) is 2. The van der Waals surface area contributed by atoms with Crippen LogP contribution in [0.25, 0.3) is 0 Å². The first-order chi connectivity index (χ1) is 6.79. The molecule has 0 radical (unpaired) electrons. The third-order valence-corrected chi connectivity index (χ3v) is 4.79. The molecule has 1 aliphatic rings. The van der Waals surface area contributed by atoms with Crippen LogP contribution in [0.2, 0.25) is 0 Å². The van der Waals surface area contributed by atoms with Crippen LogP contribution in [-0.2, 0) is 4.74 Å². The highest BCUT2D eigenvalue weighted by Gasteiger charge is 2.29. The van der Waals surface area contributed by atoms with Gasteiger partial charge in [0.15, 0.2) is 0 Å². The number of thiol groups is 1. The zero-order chi connectivity index (χ0) is 11.6. The molecule has 0 aliphatic carbocycles. The Morgan fingerprint density at radius 3 is 2.40 bits per heavy atom. The van der Waals surface area contributed by atoms with E-state index >= 15 is 0 Å². The molecule has 0 spiro atoms. The maximum absolute atomic E-state index is 6.02. The van der Waals surface area contributed by atoms with E-state index in [1.165, 1.54) is 13.0 Å². The summed E-state index contributed by atoms with van der Waals surface area (Å²) in [6.45, 7) is 11.1. The van der Waals surface area contributed by atoms with Crippen molar-refractivity contribution in [3.05, 3.63) is 0 Å². The van der Waals surface area contributed by atoms with Crippen molar-refractivity contribution < 1.29 is 4.74 Å². The molecule has 1 heterocycles. The highest BCUT2D eigenvalue weighted by molar-refractivity contribution is 8.16. The molecule has 1 aliphatic heterocycles. The summed E-state index contributed by atoms with van der Waals surface area (Å²) >= 11 is 0. The average Bonchev–Trinajstić information content (AvgIpc) is 2.48. The fourth-order valence-corrected chi connectivity index (χ4v) is 2.88. The molecule has 1 saturated heterocycles. The van der Waals surface area contributed by atoms with E-state index in [0.29, 0.717) is 6.10 Å². The molecule has 0 bridgehead atoms. The van der Waals surface area contributed by atoms with Crippen molar-refractivity contribution in [3.63, 3.8) is 0 Å². The fraction of sp³-hybridized carbons (Fsp3) is 1.00. The number of nitrogens with zero attached hydrogens (tertiary/aromatic N) is 1. The quantitative estimate of drug-likeness (QED) is 0.752. The summed E-state index contributed by atoms with van der Waals surface area (Å²) in [7, 11) is 0.146. The minimum absolute atomic E-state index is 0.00702. The van der Waals surface area contributed by atoms with Gasteiger partial charge >= 0.3 is 0 Å². The van der Waals surface area contributed by atoms with E-state index in [1.54, 1.807) is 0 Å². The molecule has 0 amide bonds. The van der Waals surface area contributed by atoms with Gasteiger partial charge in [0.25, 0.3) is 0 Å². The van der Waals surface area contributed by atoms with Gasteiger partial charge in [0.05, 0.1) is 11.7 Å². The molecular weight excluding hydrogens is 206 g/mol. The number of rotatable bonds is 3. The van der Waals surface area contributed by atoms with Crippen molar-refractivity contribution >= 4 is 10.9 Å². The zero-order valence-electron chi connectivity index (χ0n) is 11.1. The van der Waals surface area contributed by atoms with Gasteiger partial charge in [-0.15, -0.1) is 0 Å². The summed E-state index contributed by atoms with van der Waals surface area (Å²) in [5.41, 5.74) is 0.00702. The SMILES string of the molecule is CC(N1CC[C@H](OC(C)(C)C)C1)[SH](C)C. The number of hydrogen-bond donors (Lipinski definition) is 1. The van der Waals surface area contributed by atoms with Gasteiger partial charge in [-0.1, -0.05) is 0 Å². The topological polar surface area (TPSA) is 12.5 Å². The molecule has 2 nitrogen and oxygen atoms in total. The molecule has 0 aromatic rings. The van der Waals surface area contributed by atoms with E-state index in [2.05, 4.69) is 45.1 Å². The van der Waals surface area contributed by atoms with Crippen LogP contribution < -0.4 is 0 Å². The number of likely N-dealkylation sites (tertiary alicyclic amines) is 1. The molecule has 0 aromatic carbocycles. The average molecular weight is 233 g/mol. The van der Waals surface area contributed by atoms with Crippen LogP contribution in [0.3, 0.4) is 0 Å². The van der Waals surface area contributed by atoms with Crippen molar-refractivity contribution in [1.82, 2.24) is 4.90 Å². The standard InChI is InChI=1S/C12H27NOS/c1-10(15(5)6)13-8-7-11(9-13)14-12(2,3)4/h10-11,15H,7-9H2,1-6H3/t10?,11-/m0/s1. The Kier molecular flexibility index (Phi) is 4.50. The molecule has 92 valence electrons. The Balaban J connectivity index is 2.39. The molecule has 3 heteroatoms. The minimum Gasteiger partial charge on any atom is -0.371 e. The summed E-state index contributed by atoms with van der Waals surface area (Å²) in [4.78, 5) is 2.59. The lowest BCUT2D eigenvalue weighted by molar-refractivity contribution is -0.0540. The van der Waals surface area contributed by atoms with E-state index in [-0.39, 0.29) is 16.5 Å². The molecule has 1 unspecified atom stereocenters. The first kappa shape index (κ1) is 13.3. The van der Waals surface area contributed by atoms with Crippen LogP contribution in [0.15, 0.2) is 0 Å². The van der Waals surface area contributed by atoms with Crippen LogP contribution in [0.4, 0.5) is 0 Å². The van der Waals surface area contributed by atoms with Crippen LogP contribution in [-0.4, -0.2) is 47.6 Å². The largest absolute Gasteiger partial charge is 0.371 e. The molecule has 0 saturated carbocycles. The van der Waals surface area contributed by atoms with Gasteiger partial charge in [0, 0.05) is 18.5 Å². The van der Waals surface area contributed by atoms with E-state index in [9.17, 15) is 0 Å². The van der Waals surface area contributed by atoms with Gasteiger partial charge in [-0.3, -0.25) is 4.90 Å². The van der Waals surface area contributed by atoms with E-state index in [4.69, 9.17) is 4.74 Å². The van der Waals surface area contributed by atoms with Gasteiger partial charge in [-0.2, -0.15) is 0 Å². The van der Waals surface area contributed by atoms with Crippen LogP contribution in [0.5, 0.6) is 0 Å². The summed E-state index contributed by atoms with van der Waals surface area (Å²) < 4.78 is 6.02. The molecule has 0 N–H and O–H groups in total. The summed E-state index contributed by atoms with van der Waals surface area (Å²) in [6, 6.07) is 0. The molecule has 2 atom stereocenters. The Bertz CT molecular complexity index is 200. The van der Waals surface area contributed by atoms with Gasteiger partial charge in [0.1, 0.15) is 0 Å². The van der Waals surface area contributed by atoms with E-state index in [1.807, 2.05) is 0 Å². The van der Waals surface area contributed by atoms with Gasteiger partial charge < -0.3 is 4.74 Å². The zero-order valence-corrected chi connectivity index (χ0v) is 12.0. The van der Waals surface area contributed by atoms with Crippen molar-refractivity contribution in [2.45, 2.75) is 51.2 Å². The lowest BCUT2D eigenvalue weighted by Gasteiger charge is -2.30. The van der Waals surface area contributed by atoms with Crippen LogP contribution in [0, 0.1) is 0 Å². The first-order valence-electron chi connectivity index (χ1n) is 5.88. The second-order valence-corrected chi connectivity index (χ2v) is 8.41. The monoisotopic (exact) mass is 233 g/mol. The fourth-order valence-electron chi connectivity index (χ4n) is 2.02. The molecular formula is C12H27NOS. The van der Waals surface area contributed by atoms with Crippen molar-refractivity contribution in [2.24, 2.45) is 0 Å². The normalized spacial score (nSPS) is 26.8. The van der Waals surface area contributed by atoms with Crippen molar-refractivity contribution in [3.8, 4) is 0 Å². The number of ether oxygens (including phenoxy) is 1. The molecule has 15 heavy (non-hydrogen) atoms. The highest BCUT2D eigenvalue weighted by atomic mass is 32.2. The van der Waals surface area contributed by atoms with E-state index < -0.39 is 0 Å². The Labute approximate surface area is 97.7 Å². The van der Waals surface area contributed by atoms with Crippen molar-refractivity contribution in [2.75, 3.05) is 25.6 Å². The van der Waals surface area contributed by atoms with Crippen LogP contribution >= 0.6 is 10.9 Å². The molecule has 1 rings (SSSR count). The second-order valence-electron chi connectivity index (χ2n) is 5.73. The molecule has 0 aromatic heterocycles. The maximum Gasteiger partial charge on any atom is 0.0721 e. The predicted octanol–water partition coefficient (Wildman–Crippen LogP) is 2.48. The maximum atomic E-state index is 6.02.